The first kappa shape index (κ1) is 31.4. The number of carbonyl (C=O) groups is 2. The van der Waals surface area contributed by atoms with E-state index in [1.165, 1.54) is 0 Å². The number of aliphatic hydroxyl groups is 4. The third-order valence-corrected chi connectivity index (χ3v) is 13.3. The fourth-order valence-electron chi connectivity index (χ4n) is 12.3. The summed E-state index contributed by atoms with van der Waals surface area (Å²) in [7, 11) is 4.81. The van der Waals surface area contributed by atoms with Crippen molar-refractivity contribution in [2.24, 2.45) is 40.4 Å². The highest BCUT2D eigenvalue weighted by atomic mass is 16.6. The van der Waals surface area contributed by atoms with Crippen molar-refractivity contribution in [1.29, 1.82) is 0 Å². The first-order chi connectivity index (χ1) is 21.6. The fourth-order valence-corrected chi connectivity index (χ4v) is 12.3. The molecule has 1 saturated heterocycles. The minimum absolute atomic E-state index is 0.0450. The van der Waals surface area contributed by atoms with Crippen molar-refractivity contribution >= 4 is 12.4 Å². The minimum atomic E-state index is -1.85. The van der Waals surface area contributed by atoms with Gasteiger partial charge in [-0.1, -0.05) is 25.1 Å². The van der Waals surface area contributed by atoms with Crippen molar-refractivity contribution < 1.29 is 53.7 Å². The van der Waals surface area contributed by atoms with Crippen LogP contribution in [0.25, 0.3) is 0 Å². The number of hydrogen-bond acceptors (Lipinski definition) is 12. The Morgan fingerprint density at radius 1 is 1.11 bits per heavy atom. The third kappa shape index (κ3) is 3.50. The third-order valence-electron chi connectivity index (χ3n) is 13.3. The number of hydrogen-bond donors (Lipinski definition) is 4. The number of benzene rings is 1. The highest BCUT2D eigenvalue weighted by molar-refractivity contribution is 5.89. The molecular formula is C33H45NO11. The van der Waals surface area contributed by atoms with Gasteiger partial charge in [0.15, 0.2) is 5.60 Å². The normalized spacial score (nSPS) is 50.7. The van der Waals surface area contributed by atoms with Crippen LogP contribution in [0.5, 0.6) is 0 Å². The van der Waals surface area contributed by atoms with Gasteiger partial charge in [0.1, 0.15) is 17.8 Å². The number of carbonyl (C=O) groups excluding carboxylic acids is 2. The fraction of sp³-hybridized carbons (Fsp3) is 0.758. The summed E-state index contributed by atoms with van der Waals surface area (Å²) >= 11 is 0. The Labute approximate surface area is 262 Å². The van der Waals surface area contributed by atoms with E-state index in [0.717, 1.165) is 0 Å². The summed E-state index contributed by atoms with van der Waals surface area (Å²) in [5.41, 5.74) is -4.89. The number of esters is 1. The van der Waals surface area contributed by atoms with Crippen LogP contribution in [0.15, 0.2) is 30.3 Å². The van der Waals surface area contributed by atoms with Crippen LogP contribution in [0, 0.1) is 40.4 Å². The van der Waals surface area contributed by atoms with E-state index in [1.54, 1.807) is 51.7 Å². The van der Waals surface area contributed by atoms with Gasteiger partial charge in [0.25, 0.3) is 6.47 Å². The van der Waals surface area contributed by atoms with Crippen molar-refractivity contribution in [1.82, 2.24) is 4.90 Å². The summed E-state index contributed by atoms with van der Waals surface area (Å²) in [6.07, 6.45) is -4.38. The van der Waals surface area contributed by atoms with Gasteiger partial charge in [-0.05, 0) is 31.0 Å². The van der Waals surface area contributed by atoms with Gasteiger partial charge in [-0.2, -0.15) is 0 Å². The summed E-state index contributed by atoms with van der Waals surface area (Å²) in [5, 5.41) is 47.7. The summed E-state index contributed by atoms with van der Waals surface area (Å²) < 4.78 is 31.0. The van der Waals surface area contributed by atoms with Gasteiger partial charge in [-0.3, -0.25) is 9.69 Å². The van der Waals surface area contributed by atoms with Crippen molar-refractivity contribution in [2.75, 3.05) is 47.6 Å². The lowest BCUT2D eigenvalue weighted by Gasteiger charge is -2.70. The molecule has 15 unspecified atom stereocenters. The molecule has 12 heteroatoms. The van der Waals surface area contributed by atoms with Crippen LogP contribution in [0.2, 0.25) is 0 Å². The molecule has 12 nitrogen and oxygen atoms in total. The maximum atomic E-state index is 13.7. The molecular weight excluding hydrogens is 586 g/mol. The summed E-state index contributed by atoms with van der Waals surface area (Å²) in [6, 6.07) is 8.07. The Kier molecular flexibility index (Phi) is 7.46. The number of piperidine rings is 1. The van der Waals surface area contributed by atoms with E-state index in [2.05, 4.69) is 4.90 Å². The Bertz CT molecular complexity index is 1320. The average Bonchev–Trinajstić information content (AvgIpc) is 3.41. The van der Waals surface area contributed by atoms with Crippen LogP contribution in [-0.2, 0) is 28.5 Å². The molecule has 1 aliphatic heterocycles. The van der Waals surface area contributed by atoms with Crippen LogP contribution in [0.4, 0.5) is 0 Å². The van der Waals surface area contributed by atoms with E-state index >= 15 is 0 Å². The minimum Gasteiger partial charge on any atom is -0.458 e. The van der Waals surface area contributed by atoms with Crippen molar-refractivity contribution in [2.45, 2.75) is 67.5 Å². The first-order valence-electron chi connectivity index (χ1n) is 16.0. The van der Waals surface area contributed by atoms with E-state index in [0.29, 0.717) is 26.0 Å². The van der Waals surface area contributed by atoms with Crippen molar-refractivity contribution in [3.8, 4) is 0 Å². The second-order valence-corrected chi connectivity index (χ2v) is 14.2. The molecule has 0 amide bonds. The number of rotatable bonds is 10. The van der Waals surface area contributed by atoms with E-state index in [4.69, 9.17) is 23.7 Å². The summed E-state index contributed by atoms with van der Waals surface area (Å²) in [5.74, 6) is -4.35. The molecule has 4 N–H and O–H groups in total. The van der Waals surface area contributed by atoms with Crippen LogP contribution in [0.3, 0.4) is 0 Å². The number of fused-ring (bicyclic) bond motifs is 2. The predicted octanol–water partition coefficient (Wildman–Crippen LogP) is -0.148. The molecule has 15 atom stereocenters. The monoisotopic (exact) mass is 631 g/mol. The lowest BCUT2D eigenvalue weighted by atomic mass is 9.42. The lowest BCUT2D eigenvalue weighted by molar-refractivity contribution is -0.314. The zero-order valence-corrected chi connectivity index (χ0v) is 26.2. The quantitative estimate of drug-likeness (QED) is 0.200. The first-order valence-corrected chi connectivity index (χ1v) is 16.0. The zero-order valence-electron chi connectivity index (χ0n) is 26.2. The smallest absolute Gasteiger partial charge is 0.338 e. The predicted molar refractivity (Wildman–Crippen MR) is 156 cm³/mol. The molecule has 6 aliphatic rings. The molecule has 0 radical (unpaired) electrons. The molecule has 5 aliphatic carbocycles. The molecule has 7 bridgehead atoms. The Balaban J connectivity index is 1.52. The molecule has 7 rings (SSSR count). The largest absolute Gasteiger partial charge is 0.458 e. The molecule has 5 saturated carbocycles. The van der Waals surface area contributed by atoms with Gasteiger partial charge < -0.3 is 44.1 Å². The number of aliphatic hydroxyl groups excluding tert-OH is 3. The van der Waals surface area contributed by atoms with Gasteiger partial charge in [0, 0.05) is 74.8 Å². The van der Waals surface area contributed by atoms with Gasteiger partial charge in [-0.15, -0.1) is 0 Å². The molecule has 1 heterocycles. The molecule has 248 valence electrons. The number of methoxy groups -OCH3 is 3. The molecule has 0 aromatic heterocycles. The molecule has 1 aromatic carbocycles. The zero-order chi connectivity index (χ0) is 32.1. The van der Waals surface area contributed by atoms with Gasteiger partial charge >= 0.3 is 5.97 Å². The van der Waals surface area contributed by atoms with Crippen molar-refractivity contribution in [3.63, 3.8) is 0 Å². The lowest BCUT2D eigenvalue weighted by Crippen LogP contribution is -2.81. The van der Waals surface area contributed by atoms with E-state index in [-0.39, 0.29) is 24.6 Å². The molecule has 1 aromatic rings. The number of likely N-dealkylation sites (tertiary alicyclic amines) is 1. The van der Waals surface area contributed by atoms with E-state index < -0.39 is 94.7 Å². The molecule has 45 heavy (non-hydrogen) atoms. The highest BCUT2D eigenvalue weighted by Crippen LogP contribution is 2.81. The van der Waals surface area contributed by atoms with Gasteiger partial charge in [0.2, 0.25) is 0 Å². The number of ether oxygens (including phenoxy) is 5. The van der Waals surface area contributed by atoms with Crippen LogP contribution >= 0.6 is 0 Å². The van der Waals surface area contributed by atoms with E-state index in [1.807, 2.05) is 6.92 Å². The van der Waals surface area contributed by atoms with Crippen LogP contribution in [0.1, 0.15) is 30.1 Å². The van der Waals surface area contributed by atoms with Crippen LogP contribution in [-0.4, -0.2) is 133 Å². The summed E-state index contributed by atoms with van der Waals surface area (Å²) in [4.78, 5) is 28.5. The van der Waals surface area contributed by atoms with Gasteiger partial charge in [-0.25, -0.2) is 4.79 Å². The molecule has 1 spiro atoms. The van der Waals surface area contributed by atoms with Gasteiger partial charge in [0.05, 0.1) is 37.1 Å². The average molecular weight is 632 g/mol. The standard InChI is InChI=1S/C33H45NO11/c1-5-34-14-30(15-41-2)20(37)11-21(42-3)32-18-12-31(40)19(13-35)27(38)33(44-16-36,23(26(32)34)24(43-4)25(30)32)22(18)28(31)45-29(39)17-9-7-6-8-10-17/h6-10,16,18-28,35,37-38,40H,5,11-15H2,1-4H3. The Morgan fingerprint density at radius 2 is 1.84 bits per heavy atom. The maximum absolute atomic E-state index is 13.7. The highest BCUT2D eigenvalue weighted by Gasteiger charge is 2.91. The second-order valence-electron chi connectivity index (χ2n) is 14.2. The van der Waals surface area contributed by atoms with Crippen LogP contribution < -0.4 is 0 Å². The second kappa shape index (κ2) is 10.7. The molecule has 6 fully saturated rings. The van der Waals surface area contributed by atoms with Crippen molar-refractivity contribution in [3.05, 3.63) is 35.9 Å². The van der Waals surface area contributed by atoms with E-state index in [9.17, 15) is 30.0 Å². The maximum Gasteiger partial charge on any atom is 0.338 e. The topological polar surface area (TPSA) is 164 Å². The summed E-state index contributed by atoms with van der Waals surface area (Å²) in [6.45, 7) is 2.99. The Morgan fingerprint density at radius 3 is 2.44 bits per heavy atom. The Hall–Kier alpha value is -2.16. The number of nitrogens with zero attached hydrogens (tertiary/aromatic N) is 1. The SMILES string of the molecule is CCN1CC2(COC)C(O)CC(OC)C34C5CC6(O)C(CO)C(O)C(OC=O)(C5C6OC(=O)c5ccccc5)C(C(OC)C23)C14.